The number of hydrogen-bond donors (Lipinski definition) is 2. The molecule has 192 valence electrons. The summed E-state index contributed by atoms with van der Waals surface area (Å²) in [5, 5.41) is 24.4. The zero-order valence-electron chi connectivity index (χ0n) is 20.2. The number of aromatic nitrogens is 1. The predicted octanol–water partition coefficient (Wildman–Crippen LogP) is 5.40. The molecule has 0 bridgehead atoms. The Morgan fingerprint density at radius 2 is 1.87 bits per heavy atom. The highest BCUT2D eigenvalue weighted by atomic mass is 35.5. The van der Waals surface area contributed by atoms with Crippen LogP contribution in [0.4, 0.5) is 5.69 Å². The third kappa shape index (κ3) is 4.37. The minimum Gasteiger partial charge on any atom is -0.507 e. The molecule has 2 heterocycles. The number of ether oxygens (including phenoxy) is 1. The van der Waals surface area contributed by atoms with Crippen LogP contribution in [0.3, 0.4) is 0 Å². The number of hydrogen-bond acceptors (Lipinski definition) is 6. The summed E-state index contributed by atoms with van der Waals surface area (Å²) in [5.74, 6) is -1.52. The molecular formula is C28H22ClN3O6. The molecule has 2 N–H and O–H groups in total. The number of aromatic amines is 1. The first kappa shape index (κ1) is 25.0. The van der Waals surface area contributed by atoms with Crippen molar-refractivity contribution in [3.63, 3.8) is 0 Å². The number of carbonyl (C=O) groups is 2. The average molecular weight is 532 g/mol. The van der Waals surface area contributed by atoms with Gasteiger partial charge in [-0.15, -0.1) is 0 Å². The third-order valence-corrected chi connectivity index (χ3v) is 6.93. The number of carbonyl (C=O) groups excluding carboxylic acids is 2. The Labute approximate surface area is 222 Å². The van der Waals surface area contributed by atoms with Crippen LogP contribution in [0.2, 0.25) is 5.02 Å². The summed E-state index contributed by atoms with van der Waals surface area (Å²) >= 11 is 5.97. The van der Waals surface area contributed by atoms with E-state index >= 15 is 0 Å². The number of ketones is 1. The standard InChI is InChI=1S/C28H22ClN3O6/c1-38-19-10-11-22-21(14-19)17(15-30-22)12-13-31-25(20-4-2-3-5-23(20)32(36)37)24(27(34)28(31)35)26(33)16-6-8-18(29)9-7-16/h2-11,14-15,25,30,33H,12-13H2,1H3/t25-/m0/s1. The van der Waals surface area contributed by atoms with E-state index < -0.39 is 28.4 Å². The Kier molecular flexibility index (Phi) is 6.61. The molecule has 5 rings (SSSR count). The second kappa shape index (κ2) is 10.0. The minimum atomic E-state index is -1.16. The van der Waals surface area contributed by atoms with Gasteiger partial charge in [0.1, 0.15) is 11.5 Å². The van der Waals surface area contributed by atoms with Gasteiger partial charge in [0.15, 0.2) is 0 Å². The number of Topliss-reactive ketones (excluding diaryl/α,β-unsaturated/α-hetero) is 1. The highest BCUT2D eigenvalue weighted by Gasteiger charge is 2.47. The quantitative estimate of drug-likeness (QED) is 0.108. The highest BCUT2D eigenvalue weighted by Crippen LogP contribution is 2.42. The number of nitrogens with one attached hydrogen (secondary N) is 1. The summed E-state index contributed by atoms with van der Waals surface area (Å²) in [6, 6.07) is 16.4. The van der Waals surface area contributed by atoms with Crippen molar-refractivity contribution in [2.75, 3.05) is 13.7 Å². The summed E-state index contributed by atoms with van der Waals surface area (Å²) in [4.78, 5) is 42.4. The molecule has 4 aromatic rings. The lowest BCUT2D eigenvalue weighted by molar-refractivity contribution is -0.385. The number of likely N-dealkylation sites (tertiary alicyclic amines) is 1. The SMILES string of the molecule is COc1ccc2[nH]cc(CCN3C(=O)C(=O)C(=C(O)c4ccc(Cl)cc4)[C@@H]3c3ccccc3[N+](=O)[O-])c2c1. The fraction of sp³-hybridized carbons (Fsp3) is 0.143. The van der Waals surface area contributed by atoms with Gasteiger partial charge in [0.05, 0.1) is 29.2 Å². The number of aliphatic hydroxyl groups excluding tert-OH is 1. The number of H-pyrrole nitrogens is 1. The van der Waals surface area contributed by atoms with Crippen LogP contribution in [0.5, 0.6) is 5.75 Å². The molecule has 1 amide bonds. The first-order chi connectivity index (χ1) is 18.3. The van der Waals surface area contributed by atoms with E-state index in [2.05, 4.69) is 4.98 Å². The highest BCUT2D eigenvalue weighted by molar-refractivity contribution is 6.46. The minimum absolute atomic E-state index is 0.0723. The van der Waals surface area contributed by atoms with Crippen LogP contribution in [-0.4, -0.2) is 45.3 Å². The van der Waals surface area contributed by atoms with E-state index in [1.165, 1.54) is 47.4 Å². The summed E-state index contributed by atoms with van der Waals surface area (Å²) in [5.41, 5.74) is 1.67. The Bertz CT molecular complexity index is 1610. The molecule has 1 fully saturated rings. The largest absolute Gasteiger partial charge is 0.507 e. The van der Waals surface area contributed by atoms with Crippen LogP contribution in [0.25, 0.3) is 16.7 Å². The van der Waals surface area contributed by atoms with Gasteiger partial charge in [0, 0.05) is 40.3 Å². The molecule has 1 aromatic heterocycles. The number of nitrogens with zero attached hydrogens (tertiary/aromatic N) is 2. The molecule has 1 atom stereocenters. The fourth-order valence-corrected chi connectivity index (χ4v) is 4.94. The maximum atomic E-state index is 13.3. The van der Waals surface area contributed by atoms with Gasteiger partial charge in [0.25, 0.3) is 17.4 Å². The second-order valence-corrected chi connectivity index (χ2v) is 9.23. The van der Waals surface area contributed by atoms with Crippen molar-refractivity contribution in [3.8, 4) is 5.75 Å². The van der Waals surface area contributed by atoms with Crippen LogP contribution in [0.1, 0.15) is 22.7 Å². The fourth-order valence-electron chi connectivity index (χ4n) is 4.81. The van der Waals surface area contributed by atoms with Crippen molar-refractivity contribution < 1.29 is 24.4 Å². The van der Waals surface area contributed by atoms with E-state index in [1.807, 2.05) is 24.4 Å². The number of aliphatic hydroxyl groups is 1. The maximum Gasteiger partial charge on any atom is 0.295 e. The van der Waals surface area contributed by atoms with Gasteiger partial charge in [-0.2, -0.15) is 0 Å². The molecular weight excluding hydrogens is 510 g/mol. The van der Waals surface area contributed by atoms with Crippen molar-refractivity contribution in [1.82, 2.24) is 9.88 Å². The first-order valence-electron chi connectivity index (χ1n) is 11.7. The zero-order valence-corrected chi connectivity index (χ0v) is 20.9. The molecule has 3 aromatic carbocycles. The monoisotopic (exact) mass is 531 g/mol. The van der Waals surface area contributed by atoms with E-state index in [-0.39, 0.29) is 28.9 Å². The summed E-state index contributed by atoms with van der Waals surface area (Å²) < 4.78 is 5.33. The van der Waals surface area contributed by atoms with Gasteiger partial charge in [-0.1, -0.05) is 23.7 Å². The van der Waals surface area contributed by atoms with Gasteiger partial charge in [-0.3, -0.25) is 19.7 Å². The number of halogens is 1. The Morgan fingerprint density at radius 1 is 1.13 bits per heavy atom. The number of nitro groups is 1. The first-order valence-corrected chi connectivity index (χ1v) is 12.1. The van der Waals surface area contributed by atoms with Crippen LogP contribution in [-0.2, 0) is 16.0 Å². The Hall–Kier alpha value is -4.63. The molecule has 38 heavy (non-hydrogen) atoms. The smallest absolute Gasteiger partial charge is 0.295 e. The second-order valence-electron chi connectivity index (χ2n) is 8.79. The summed E-state index contributed by atoms with van der Waals surface area (Å²) in [7, 11) is 1.57. The molecule has 0 aliphatic carbocycles. The normalized spacial score (nSPS) is 16.8. The van der Waals surface area contributed by atoms with Gasteiger partial charge < -0.3 is 19.7 Å². The lowest BCUT2D eigenvalue weighted by atomic mass is 9.94. The van der Waals surface area contributed by atoms with Gasteiger partial charge >= 0.3 is 0 Å². The van der Waals surface area contributed by atoms with Crippen molar-refractivity contribution in [2.24, 2.45) is 0 Å². The molecule has 0 unspecified atom stereocenters. The van der Waals surface area contributed by atoms with E-state index in [0.29, 0.717) is 17.2 Å². The van der Waals surface area contributed by atoms with E-state index in [9.17, 15) is 24.8 Å². The Balaban J connectivity index is 1.60. The van der Waals surface area contributed by atoms with Gasteiger partial charge in [0.2, 0.25) is 0 Å². The molecule has 0 saturated carbocycles. The van der Waals surface area contributed by atoms with Crippen molar-refractivity contribution >= 4 is 45.6 Å². The maximum absolute atomic E-state index is 13.3. The van der Waals surface area contributed by atoms with Crippen molar-refractivity contribution in [3.05, 3.63) is 110 Å². The molecule has 0 spiro atoms. The molecule has 9 nitrogen and oxygen atoms in total. The van der Waals surface area contributed by atoms with Crippen LogP contribution < -0.4 is 4.74 Å². The number of fused-ring (bicyclic) bond motifs is 1. The molecule has 0 radical (unpaired) electrons. The van der Waals surface area contributed by atoms with Crippen molar-refractivity contribution in [2.45, 2.75) is 12.5 Å². The van der Waals surface area contributed by atoms with Crippen LogP contribution in [0.15, 0.2) is 78.5 Å². The molecule has 1 aliphatic rings. The van der Waals surface area contributed by atoms with Crippen LogP contribution in [0, 0.1) is 10.1 Å². The molecule has 10 heteroatoms. The lowest BCUT2D eigenvalue weighted by Crippen LogP contribution is -2.32. The van der Waals surface area contributed by atoms with E-state index in [4.69, 9.17) is 16.3 Å². The van der Waals surface area contributed by atoms with Crippen molar-refractivity contribution in [1.29, 1.82) is 0 Å². The van der Waals surface area contributed by atoms with E-state index in [0.717, 1.165) is 16.5 Å². The third-order valence-electron chi connectivity index (χ3n) is 6.68. The lowest BCUT2D eigenvalue weighted by Gasteiger charge is -2.25. The summed E-state index contributed by atoms with van der Waals surface area (Å²) in [6.45, 7) is 0.0723. The number of methoxy groups -OCH3 is 1. The Morgan fingerprint density at radius 3 is 2.58 bits per heavy atom. The average Bonchev–Trinajstić information content (AvgIpc) is 3.44. The number of nitro benzene ring substituents is 1. The molecule has 1 saturated heterocycles. The van der Waals surface area contributed by atoms with E-state index in [1.54, 1.807) is 13.2 Å². The zero-order chi connectivity index (χ0) is 27.0. The van der Waals surface area contributed by atoms with Crippen LogP contribution >= 0.6 is 11.6 Å². The molecule has 1 aliphatic heterocycles. The summed E-state index contributed by atoms with van der Waals surface area (Å²) in [6.07, 6.45) is 2.16. The number of amides is 1. The number of benzene rings is 3. The number of rotatable bonds is 7. The van der Waals surface area contributed by atoms with Gasteiger partial charge in [-0.05, 0) is 60.5 Å². The topological polar surface area (TPSA) is 126 Å². The number of para-hydroxylation sites is 1. The van der Waals surface area contributed by atoms with Gasteiger partial charge in [-0.25, -0.2) is 0 Å². The predicted molar refractivity (Wildman–Crippen MR) is 142 cm³/mol.